The van der Waals surface area contributed by atoms with Crippen molar-refractivity contribution in [3.05, 3.63) is 42.0 Å². The van der Waals surface area contributed by atoms with Crippen molar-refractivity contribution in [3.63, 3.8) is 0 Å². The van der Waals surface area contributed by atoms with E-state index in [4.69, 9.17) is 4.74 Å². The second-order valence-corrected chi connectivity index (χ2v) is 10.2. The van der Waals surface area contributed by atoms with Crippen LogP contribution in [-0.4, -0.2) is 70.8 Å². The quantitative estimate of drug-likeness (QED) is 0.467. The predicted octanol–water partition coefficient (Wildman–Crippen LogP) is 1.24. The zero-order chi connectivity index (χ0) is 23.4. The first kappa shape index (κ1) is 23.4. The molecule has 0 spiro atoms. The van der Waals surface area contributed by atoms with Gasteiger partial charge in [-0.15, -0.1) is 0 Å². The summed E-state index contributed by atoms with van der Waals surface area (Å²) >= 11 is 0. The Morgan fingerprint density at radius 2 is 2.03 bits per heavy atom. The van der Waals surface area contributed by atoms with Crippen LogP contribution in [0.3, 0.4) is 0 Å². The highest BCUT2D eigenvalue weighted by atomic mass is 32.2. The highest BCUT2D eigenvalue weighted by molar-refractivity contribution is 7.89. The number of benzene rings is 1. The van der Waals surface area contributed by atoms with Crippen LogP contribution in [0.5, 0.6) is 0 Å². The molecule has 1 aliphatic heterocycles. The number of carbonyl (C=O) groups is 1. The Morgan fingerprint density at radius 3 is 2.76 bits per heavy atom. The predicted molar refractivity (Wildman–Crippen MR) is 123 cm³/mol. The SMILES string of the molecule is Cc1cnn(CCCNC(=O)CCc2nc3cc(S(=O)(=O)N4CCOCC4)ccc3n2C)c1. The number of aryl methyl sites for hydroxylation is 4. The van der Waals surface area contributed by atoms with Crippen molar-refractivity contribution in [2.24, 2.45) is 7.05 Å². The van der Waals surface area contributed by atoms with Gasteiger partial charge in [0.1, 0.15) is 5.82 Å². The van der Waals surface area contributed by atoms with Gasteiger partial charge in [-0.05, 0) is 37.1 Å². The molecule has 4 rings (SSSR count). The molecule has 0 aliphatic carbocycles. The summed E-state index contributed by atoms with van der Waals surface area (Å²) in [6.07, 6.45) is 5.39. The normalized spacial score (nSPS) is 15.2. The lowest BCUT2D eigenvalue weighted by Gasteiger charge is -2.26. The largest absolute Gasteiger partial charge is 0.379 e. The Hall–Kier alpha value is -2.76. The molecule has 1 aliphatic rings. The molecule has 3 heterocycles. The van der Waals surface area contributed by atoms with Crippen molar-refractivity contribution in [1.82, 2.24) is 29.0 Å². The maximum Gasteiger partial charge on any atom is 0.243 e. The molecule has 0 saturated carbocycles. The van der Waals surface area contributed by atoms with Crippen LogP contribution in [0.1, 0.15) is 24.2 Å². The van der Waals surface area contributed by atoms with Gasteiger partial charge in [0.05, 0.1) is 35.3 Å². The zero-order valence-electron chi connectivity index (χ0n) is 19.0. The summed E-state index contributed by atoms with van der Waals surface area (Å²) < 4.78 is 36.3. The van der Waals surface area contributed by atoms with Crippen molar-refractivity contribution in [2.45, 2.75) is 37.6 Å². The Balaban J connectivity index is 1.34. The van der Waals surface area contributed by atoms with Gasteiger partial charge in [-0.25, -0.2) is 13.4 Å². The van der Waals surface area contributed by atoms with Gasteiger partial charge < -0.3 is 14.6 Å². The van der Waals surface area contributed by atoms with Gasteiger partial charge in [0.15, 0.2) is 0 Å². The van der Waals surface area contributed by atoms with E-state index in [0.29, 0.717) is 51.2 Å². The van der Waals surface area contributed by atoms with E-state index in [2.05, 4.69) is 15.4 Å². The molecule has 33 heavy (non-hydrogen) atoms. The molecule has 178 valence electrons. The number of imidazole rings is 1. The fourth-order valence-corrected chi connectivity index (χ4v) is 5.35. The minimum absolute atomic E-state index is 0.0331. The lowest BCUT2D eigenvalue weighted by atomic mass is 10.2. The summed E-state index contributed by atoms with van der Waals surface area (Å²) in [5.41, 5.74) is 2.56. The molecule has 0 bridgehead atoms. The standard InChI is InChI=1S/C22H30N6O4S/c1-17-15-24-27(16-17)9-3-8-23-22(29)7-6-21-25-19-14-18(4-5-20(19)26(21)2)33(30,31)28-10-12-32-13-11-28/h4-5,14-16H,3,6-13H2,1-2H3,(H,23,29). The smallest absolute Gasteiger partial charge is 0.243 e. The van der Waals surface area contributed by atoms with Crippen molar-refractivity contribution >= 4 is 27.0 Å². The highest BCUT2D eigenvalue weighted by Gasteiger charge is 2.27. The van der Waals surface area contributed by atoms with E-state index in [-0.39, 0.29) is 10.8 Å². The van der Waals surface area contributed by atoms with Crippen molar-refractivity contribution in [1.29, 1.82) is 0 Å². The van der Waals surface area contributed by atoms with E-state index in [1.807, 2.05) is 35.6 Å². The molecule has 0 unspecified atom stereocenters. The van der Waals surface area contributed by atoms with Gasteiger partial charge in [-0.3, -0.25) is 9.48 Å². The Bertz CT molecular complexity index is 1230. The summed E-state index contributed by atoms with van der Waals surface area (Å²) in [4.78, 5) is 17.1. The third kappa shape index (κ3) is 5.43. The number of hydrogen-bond donors (Lipinski definition) is 1. The van der Waals surface area contributed by atoms with E-state index in [1.54, 1.807) is 18.2 Å². The maximum absolute atomic E-state index is 12.9. The Kier molecular flexibility index (Phi) is 7.11. The molecular formula is C22H30N6O4S. The third-order valence-corrected chi connectivity index (χ3v) is 7.67. The monoisotopic (exact) mass is 474 g/mol. The number of nitrogens with one attached hydrogen (secondary N) is 1. The molecule has 11 heteroatoms. The maximum atomic E-state index is 12.9. The van der Waals surface area contributed by atoms with Crippen LogP contribution in [-0.2, 0) is 39.6 Å². The summed E-state index contributed by atoms with van der Waals surface area (Å²) in [5.74, 6) is 0.711. The van der Waals surface area contributed by atoms with Crippen LogP contribution in [0.15, 0.2) is 35.5 Å². The van der Waals surface area contributed by atoms with Crippen LogP contribution in [0.2, 0.25) is 0 Å². The molecule has 10 nitrogen and oxygen atoms in total. The molecule has 0 radical (unpaired) electrons. The number of fused-ring (bicyclic) bond motifs is 1. The number of rotatable bonds is 9. The molecule has 1 saturated heterocycles. The van der Waals surface area contributed by atoms with Gasteiger partial charge in [-0.2, -0.15) is 9.40 Å². The van der Waals surface area contributed by atoms with Crippen LogP contribution >= 0.6 is 0 Å². The fraction of sp³-hybridized carbons (Fsp3) is 0.500. The number of carbonyl (C=O) groups excluding carboxylic acids is 1. The first-order valence-corrected chi connectivity index (χ1v) is 12.6. The molecule has 1 aromatic carbocycles. The summed E-state index contributed by atoms with van der Waals surface area (Å²) in [6, 6.07) is 5.00. The molecular weight excluding hydrogens is 444 g/mol. The first-order valence-electron chi connectivity index (χ1n) is 11.1. The number of morpholine rings is 1. The van der Waals surface area contributed by atoms with E-state index < -0.39 is 10.0 Å². The highest BCUT2D eigenvalue weighted by Crippen LogP contribution is 2.23. The number of ether oxygens (including phenoxy) is 1. The molecule has 1 N–H and O–H groups in total. The van der Waals surface area contributed by atoms with E-state index >= 15 is 0 Å². The third-order valence-electron chi connectivity index (χ3n) is 5.78. The summed E-state index contributed by atoms with van der Waals surface area (Å²) in [7, 11) is -1.70. The Labute approximate surface area is 193 Å². The second kappa shape index (κ2) is 10.0. The van der Waals surface area contributed by atoms with E-state index in [0.717, 1.165) is 29.9 Å². The topological polar surface area (TPSA) is 111 Å². The fourth-order valence-electron chi connectivity index (χ4n) is 3.92. The van der Waals surface area contributed by atoms with Crippen LogP contribution < -0.4 is 5.32 Å². The minimum Gasteiger partial charge on any atom is -0.379 e. The van der Waals surface area contributed by atoms with Gasteiger partial charge >= 0.3 is 0 Å². The van der Waals surface area contributed by atoms with Gasteiger partial charge in [0.2, 0.25) is 15.9 Å². The molecule has 1 fully saturated rings. The van der Waals surface area contributed by atoms with E-state index in [1.165, 1.54) is 4.31 Å². The minimum atomic E-state index is -3.58. The first-order chi connectivity index (χ1) is 15.8. The van der Waals surface area contributed by atoms with Gasteiger partial charge in [0, 0.05) is 52.3 Å². The van der Waals surface area contributed by atoms with Gasteiger partial charge in [-0.1, -0.05) is 0 Å². The molecule has 1 amide bonds. The number of aromatic nitrogens is 4. The number of nitrogens with zero attached hydrogens (tertiary/aromatic N) is 5. The average molecular weight is 475 g/mol. The molecule has 3 aromatic rings. The number of hydrogen-bond acceptors (Lipinski definition) is 6. The summed E-state index contributed by atoms with van der Waals surface area (Å²) in [5, 5.41) is 7.17. The molecule has 2 aromatic heterocycles. The van der Waals surface area contributed by atoms with Crippen LogP contribution in [0, 0.1) is 6.92 Å². The van der Waals surface area contributed by atoms with Crippen molar-refractivity contribution in [3.8, 4) is 0 Å². The number of amides is 1. The lowest BCUT2D eigenvalue weighted by molar-refractivity contribution is -0.121. The van der Waals surface area contributed by atoms with E-state index in [9.17, 15) is 13.2 Å². The average Bonchev–Trinajstić information content (AvgIpc) is 3.38. The Morgan fingerprint density at radius 1 is 1.24 bits per heavy atom. The van der Waals surface area contributed by atoms with Crippen molar-refractivity contribution < 1.29 is 17.9 Å². The van der Waals surface area contributed by atoms with Crippen LogP contribution in [0.25, 0.3) is 11.0 Å². The summed E-state index contributed by atoms with van der Waals surface area (Å²) in [6.45, 7) is 4.85. The van der Waals surface area contributed by atoms with Gasteiger partial charge in [0.25, 0.3) is 0 Å². The van der Waals surface area contributed by atoms with Crippen LogP contribution in [0.4, 0.5) is 0 Å². The zero-order valence-corrected chi connectivity index (χ0v) is 19.8. The lowest BCUT2D eigenvalue weighted by Crippen LogP contribution is -2.40. The van der Waals surface area contributed by atoms with Crippen molar-refractivity contribution in [2.75, 3.05) is 32.8 Å². The second-order valence-electron chi connectivity index (χ2n) is 8.24. The number of sulfonamides is 1. The molecule has 0 atom stereocenters.